The highest BCUT2D eigenvalue weighted by atomic mass is 32.2. The molecule has 7 heteroatoms. The maximum absolute atomic E-state index is 12.0. The van der Waals surface area contributed by atoms with Crippen LogP contribution in [-0.4, -0.2) is 29.6 Å². The second kappa shape index (κ2) is 6.26. The van der Waals surface area contributed by atoms with Crippen molar-refractivity contribution in [2.75, 3.05) is 5.75 Å². The normalized spacial score (nSPS) is 11.7. The van der Waals surface area contributed by atoms with Crippen molar-refractivity contribution >= 4 is 27.0 Å². The lowest BCUT2D eigenvalue weighted by Gasteiger charge is -2.07. The summed E-state index contributed by atoms with van der Waals surface area (Å²) in [5.74, 6) is -0.629. The zero-order valence-electron chi connectivity index (χ0n) is 12.2. The zero-order chi connectivity index (χ0) is 15.5. The molecule has 0 fully saturated rings. The molecule has 0 bridgehead atoms. The molecule has 1 aromatic heterocycles. The molecule has 0 aliphatic carbocycles. The van der Waals surface area contributed by atoms with Crippen LogP contribution in [0, 0.1) is 0 Å². The first-order valence-corrected chi connectivity index (χ1v) is 8.54. The Kier molecular flexibility index (Phi) is 4.62. The van der Waals surface area contributed by atoms with E-state index in [1.807, 2.05) is 14.0 Å². The molecule has 21 heavy (non-hydrogen) atoms. The first-order chi connectivity index (χ1) is 9.93. The van der Waals surface area contributed by atoms with Gasteiger partial charge in [0.2, 0.25) is 10.0 Å². The van der Waals surface area contributed by atoms with Crippen molar-refractivity contribution in [3.8, 4) is 0 Å². The average Bonchev–Trinajstić information content (AvgIpc) is 2.79. The topological polar surface area (TPSA) is 81.1 Å². The minimum atomic E-state index is -3.57. The molecule has 0 aliphatic heterocycles. The summed E-state index contributed by atoms with van der Waals surface area (Å²) in [6.45, 7) is 1.99. The van der Waals surface area contributed by atoms with Crippen molar-refractivity contribution in [3.05, 3.63) is 30.1 Å². The summed E-state index contributed by atoms with van der Waals surface area (Å²) in [6.07, 6.45) is 3.96. The largest absolute Gasteiger partial charge is 0.334 e. The molecule has 1 heterocycles. The molecule has 0 unspecified atom stereocenters. The SMILES string of the molecule is CCCCCS(=O)(=O)NC(=O)c1ccc2ncn(C)c2c1. The minimum absolute atomic E-state index is 0.0272. The van der Waals surface area contributed by atoms with E-state index in [0.717, 1.165) is 23.9 Å². The number of nitrogens with one attached hydrogen (secondary N) is 1. The van der Waals surface area contributed by atoms with Gasteiger partial charge in [0.1, 0.15) is 0 Å². The van der Waals surface area contributed by atoms with Crippen LogP contribution in [0.1, 0.15) is 36.5 Å². The second-order valence-electron chi connectivity index (χ2n) is 5.02. The lowest BCUT2D eigenvalue weighted by Crippen LogP contribution is -2.32. The molecular formula is C14H19N3O3S. The fourth-order valence-electron chi connectivity index (χ4n) is 2.06. The Hall–Kier alpha value is -1.89. The number of amides is 1. The Bertz CT molecular complexity index is 750. The summed E-state index contributed by atoms with van der Waals surface area (Å²) >= 11 is 0. The standard InChI is InChI=1S/C14H19N3O3S/c1-3-4-5-8-21(19,20)16-14(18)11-6-7-12-13(9-11)17(2)10-15-12/h6-7,9-10H,3-5,8H2,1-2H3,(H,16,18). The summed E-state index contributed by atoms with van der Waals surface area (Å²) in [7, 11) is -1.76. The van der Waals surface area contributed by atoms with Crippen molar-refractivity contribution < 1.29 is 13.2 Å². The van der Waals surface area contributed by atoms with E-state index in [4.69, 9.17) is 0 Å². The van der Waals surface area contributed by atoms with Crippen molar-refractivity contribution in [2.24, 2.45) is 7.05 Å². The van der Waals surface area contributed by atoms with E-state index in [0.29, 0.717) is 12.0 Å². The van der Waals surface area contributed by atoms with Crippen molar-refractivity contribution in [1.29, 1.82) is 0 Å². The van der Waals surface area contributed by atoms with Gasteiger partial charge in [-0.2, -0.15) is 0 Å². The molecule has 0 radical (unpaired) electrons. The van der Waals surface area contributed by atoms with Gasteiger partial charge in [-0.3, -0.25) is 4.79 Å². The molecule has 114 valence electrons. The van der Waals surface area contributed by atoms with Gasteiger partial charge >= 0.3 is 0 Å². The summed E-state index contributed by atoms with van der Waals surface area (Å²) in [5.41, 5.74) is 1.86. The van der Waals surface area contributed by atoms with Gasteiger partial charge in [0.25, 0.3) is 5.91 Å². The number of aryl methyl sites for hydroxylation is 1. The van der Waals surface area contributed by atoms with E-state index < -0.39 is 15.9 Å². The second-order valence-corrected chi connectivity index (χ2v) is 6.86. The monoisotopic (exact) mass is 309 g/mol. The number of imidazole rings is 1. The van der Waals surface area contributed by atoms with Gasteiger partial charge in [0.05, 0.1) is 23.1 Å². The van der Waals surface area contributed by atoms with Gasteiger partial charge in [0, 0.05) is 12.6 Å². The Morgan fingerprint density at radius 3 is 2.81 bits per heavy atom. The Morgan fingerprint density at radius 2 is 2.10 bits per heavy atom. The van der Waals surface area contributed by atoms with E-state index in [2.05, 4.69) is 9.71 Å². The smallest absolute Gasteiger partial charge is 0.264 e. The Labute approximate surface area is 124 Å². The third-order valence-electron chi connectivity index (χ3n) is 3.25. The van der Waals surface area contributed by atoms with Gasteiger partial charge in [-0.15, -0.1) is 0 Å². The summed E-state index contributed by atoms with van der Waals surface area (Å²) < 4.78 is 27.5. The molecule has 6 nitrogen and oxygen atoms in total. The Balaban J connectivity index is 2.13. The number of rotatable bonds is 6. The lowest BCUT2D eigenvalue weighted by molar-refractivity contribution is 0.0981. The van der Waals surface area contributed by atoms with Crippen LogP contribution >= 0.6 is 0 Å². The number of sulfonamides is 1. The van der Waals surface area contributed by atoms with Crippen LogP contribution in [0.15, 0.2) is 24.5 Å². The van der Waals surface area contributed by atoms with Crippen molar-refractivity contribution in [3.63, 3.8) is 0 Å². The Morgan fingerprint density at radius 1 is 1.33 bits per heavy atom. The van der Waals surface area contributed by atoms with Crippen LogP contribution in [0.2, 0.25) is 0 Å². The third kappa shape index (κ3) is 3.81. The number of fused-ring (bicyclic) bond motifs is 1. The minimum Gasteiger partial charge on any atom is -0.334 e. The number of benzene rings is 1. The molecule has 2 rings (SSSR count). The number of hydrogen-bond donors (Lipinski definition) is 1. The van der Waals surface area contributed by atoms with Crippen LogP contribution in [0.25, 0.3) is 11.0 Å². The molecule has 0 saturated carbocycles. The van der Waals surface area contributed by atoms with Gasteiger partial charge in [0.15, 0.2) is 0 Å². The number of nitrogens with zero attached hydrogens (tertiary/aromatic N) is 2. The van der Waals surface area contributed by atoms with E-state index >= 15 is 0 Å². The van der Waals surface area contributed by atoms with E-state index in [9.17, 15) is 13.2 Å². The van der Waals surface area contributed by atoms with Gasteiger partial charge in [-0.25, -0.2) is 18.1 Å². The van der Waals surface area contributed by atoms with E-state index in [-0.39, 0.29) is 5.75 Å². The summed E-state index contributed by atoms with van der Waals surface area (Å²) in [6, 6.07) is 4.92. The predicted octanol–water partition coefficient (Wildman–Crippen LogP) is 1.82. The van der Waals surface area contributed by atoms with Crippen LogP contribution in [-0.2, 0) is 17.1 Å². The maximum atomic E-state index is 12.0. The van der Waals surface area contributed by atoms with Crippen molar-refractivity contribution in [1.82, 2.24) is 14.3 Å². The molecule has 1 N–H and O–H groups in total. The highest BCUT2D eigenvalue weighted by Gasteiger charge is 2.16. The molecule has 0 aliphatic rings. The highest BCUT2D eigenvalue weighted by Crippen LogP contribution is 2.14. The number of carbonyl (C=O) groups is 1. The van der Waals surface area contributed by atoms with Gasteiger partial charge < -0.3 is 4.57 Å². The predicted molar refractivity (Wildman–Crippen MR) is 81.5 cm³/mol. The van der Waals surface area contributed by atoms with Crippen LogP contribution in [0.4, 0.5) is 0 Å². The number of unbranched alkanes of at least 4 members (excludes halogenated alkanes) is 2. The summed E-state index contributed by atoms with van der Waals surface area (Å²) in [4.78, 5) is 16.2. The number of carbonyl (C=O) groups excluding carboxylic acids is 1. The highest BCUT2D eigenvalue weighted by molar-refractivity contribution is 7.90. The third-order valence-corrected chi connectivity index (χ3v) is 4.57. The van der Waals surface area contributed by atoms with Crippen molar-refractivity contribution in [2.45, 2.75) is 26.2 Å². The fraction of sp³-hybridized carbons (Fsp3) is 0.429. The number of aromatic nitrogens is 2. The average molecular weight is 309 g/mol. The molecule has 1 aromatic carbocycles. The molecule has 1 amide bonds. The first-order valence-electron chi connectivity index (χ1n) is 6.89. The van der Waals surface area contributed by atoms with Crippen LogP contribution < -0.4 is 4.72 Å². The van der Waals surface area contributed by atoms with Crippen LogP contribution in [0.3, 0.4) is 0 Å². The lowest BCUT2D eigenvalue weighted by atomic mass is 10.2. The molecule has 0 atom stereocenters. The van der Waals surface area contributed by atoms with Gasteiger partial charge in [-0.1, -0.05) is 19.8 Å². The van der Waals surface area contributed by atoms with E-state index in [1.165, 1.54) is 0 Å². The van der Waals surface area contributed by atoms with Gasteiger partial charge in [-0.05, 0) is 24.6 Å². The summed E-state index contributed by atoms with van der Waals surface area (Å²) in [5, 5.41) is 0. The molecule has 0 saturated heterocycles. The van der Waals surface area contributed by atoms with Crippen LogP contribution in [0.5, 0.6) is 0 Å². The first kappa shape index (κ1) is 15.5. The van der Waals surface area contributed by atoms with E-state index in [1.54, 1.807) is 29.1 Å². The zero-order valence-corrected chi connectivity index (χ0v) is 13.0. The molecular weight excluding hydrogens is 290 g/mol. The fourth-order valence-corrected chi connectivity index (χ4v) is 3.15. The number of hydrogen-bond acceptors (Lipinski definition) is 4. The molecule has 2 aromatic rings. The maximum Gasteiger partial charge on any atom is 0.264 e. The quantitative estimate of drug-likeness (QED) is 0.825. The molecule has 0 spiro atoms.